The lowest BCUT2D eigenvalue weighted by molar-refractivity contribution is -0.207. The Morgan fingerprint density at radius 3 is 2.75 bits per heavy atom. The number of ether oxygens (including phenoxy) is 4. The third-order valence-electron chi connectivity index (χ3n) is 4.52. The molecule has 7 nitrogen and oxygen atoms in total. The van der Waals surface area contributed by atoms with Crippen LogP contribution in [0.2, 0.25) is 0 Å². The van der Waals surface area contributed by atoms with Gasteiger partial charge in [-0.15, -0.1) is 0 Å². The van der Waals surface area contributed by atoms with Gasteiger partial charge in [-0.3, -0.25) is 0 Å². The lowest BCUT2D eigenvalue weighted by atomic mass is 10.1. The van der Waals surface area contributed by atoms with Crippen molar-refractivity contribution < 1.29 is 34.0 Å². The molecule has 1 unspecified atom stereocenters. The highest BCUT2D eigenvalue weighted by atomic mass is 16.6. The van der Waals surface area contributed by atoms with Crippen LogP contribution in [-0.2, 0) is 19.0 Å². The minimum atomic E-state index is -0.987. The van der Waals surface area contributed by atoms with Gasteiger partial charge in [0.1, 0.15) is 12.4 Å². The van der Waals surface area contributed by atoms with Crippen molar-refractivity contribution in [3.8, 4) is 5.75 Å². The smallest absolute Gasteiger partial charge is 0.332 e. The Kier molecular flexibility index (Phi) is 7.62. The Hall–Kier alpha value is -2.19. The molecule has 2 aromatic carbocycles. The molecule has 152 valence electrons. The molecule has 2 N–H and O–H groups in total. The van der Waals surface area contributed by atoms with Crippen molar-refractivity contribution in [2.45, 2.75) is 37.8 Å². The third-order valence-corrected chi connectivity index (χ3v) is 4.52. The molecule has 0 aliphatic carbocycles. The second-order valence-corrected chi connectivity index (χ2v) is 6.73. The quantitative estimate of drug-likeness (QED) is 0.500. The highest BCUT2D eigenvalue weighted by Crippen LogP contribution is 2.21. The molecule has 1 saturated heterocycles. The van der Waals surface area contributed by atoms with Gasteiger partial charge in [-0.05, 0) is 22.9 Å². The third kappa shape index (κ3) is 6.17. The highest BCUT2D eigenvalue weighted by Gasteiger charge is 2.29. The molecular weight excluding hydrogens is 364 g/mol. The summed E-state index contributed by atoms with van der Waals surface area (Å²) in [6.07, 6.45) is -0.536. The van der Waals surface area contributed by atoms with Crippen LogP contribution < -0.4 is 4.74 Å². The number of hydrogen-bond donors (Lipinski definition) is 2. The topological polar surface area (TPSA) is 94.5 Å². The Morgan fingerprint density at radius 2 is 1.93 bits per heavy atom. The van der Waals surface area contributed by atoms with Crippen molar-refractivity contribution in [1.82, 2.24) is 0 Å². The van der Waals surface area contributed by atoms with E-state index in [0.29, 0.717) is 19.4 Å². The molecule has 3 rings (SSSR count). The lowest BCUT2D eigenvalue weighted by Gasteiger charge is -2.31. The first kappa shape index (κ1) is 20.5. The molecule has 0 saturated carbocycles. The molecule has 1 aliphatic heterocycles. The number of benzene rings is 2. The molecule has 0 spiro atoms. The molecule has 2 aromatic rings. The number of aliphatic hydroxyl groups is 2. The normalized spacial score (nSPS) is 22.1. The maximum atomic E-state index is 11.8. The first-order valence-corrected chi connectivity index (χ1v) is 9.47. The van der Waals surface area contributed by atoms with E-state index in [1.165, 1.54) is 0 Å². The minimum Gasteiger partial charge on any atom is -0.493 e. The fourth-order valence-corrected chi connectivity index (χ4v) is 3.12. The summed E-state index contributed by atoms with van der Waals surface area (Å²) in [5.41, 5.74) is 0. The zero-order valence-electron chi connectivity index (χ0n) is 15.7. The standard InChI is InChI=1S/C21H26O7/c22-13-19-11-18(12-20(23)28-19)27-14-21(24)26-9-3-8-25-17-7-6-15-4-1-2-5-16(15)10-17/h1-2,4-7,10,18-20,22-23H,3,8-9,11-14H2/t18-,19-,20?/m0/s1. The van der Waals surface area contributed by atoms with Crippen LogP contribution in [0.15, 0.2) is 42.5 Å². The number of carbonyl (C=O) groups is 1. The molecule has 0 aromatic heterocycles. The predicted octanol–water partition coefficient (Wildman–Crippen LogP) is 2.03. The van der Waals surface area contributed by atoms with Crippen molar-refractivity contribution in [2.24, 2.45) is 0 Å². The number of fused-ring (bicyclic) bond motifs is 1. The summed E-state index contributed by atoms with van der Waals surface area (Å²) in [4.78, 5) is 11.8. The van der Waals surface area contributed by atoms with Crippen LogP contribution in [0.4, 0.5) is 0 Å². The highest BCUT2D eigenvalue weighted by molar-refractivity contribution is 5.83. The number of aliphatic hydroxyl groups excluding tert-OH is 2. The average molecular weight is 390 g/mol. The number of esters is 1. The monoisotopic (exact) mass is 390 g/mol. The van der Waals surface area contributed by atoms with Crippen LogP contribution in [0.1, 0.15) is 19.3 Å². The van der Waals surface area contributed by atoms with Crippen LogP contribution in [0.3, 0.4) is 0 Å². The van der Waals surface area contributed by atoms with Gasteiger partial charge in [-0.2, -0.15) is 0 Å². The van der Waals surface area contributed by atoms with Crippen molar-refractivity contribution in [1.29, 1.82) is 0 Å². The van der Waals surface area contributed by atoms with Gasteiger partial charge in [0.25, 0.3) is 0 Å². The van der Waals surface area contributed by atoms with Gasteiger partial charge in [0.05, 0.1) is 32.0 Å². The van der Waals surface area contributed by atoms with E-state index in [4.69, 9.17) is 24.1 Å². The molecular formula is C21H26O7. The molecule has 0 amide bonds. The zero-order chi connectivity index (χ0) is 19.8. The molecule has 3 atom stereocenters. The fourth-order valence-electron chi connectivity index (χ4n) is 3.12. The van der Waals surface area contributed by atoms with E-state index < -0.39 is 18.4 Å². The van der Waals surface area contributed by atoms with E-state index >= 15 is 0 Å². The second kappa shape index (κ2) is 10.4. The maximum Gasteiger partial charge on any atom is 0.332 e. The molecule has 1 aliphatic rings. The van der Waals surface area contributed by atoms with Gasteiger partial charge in [0, 0.05) is 19.3 Å². The van der Waals surface area contributed by atoms with Crippen molar-refractivity contribution in [2.75, 3.05) is 26.4 Å². The van der Waals surface area contributed by atoms with Crippen LogP contribution in [0.5, 0.6) is 5.75 Å². The van der Waals surface area contributed by atoms with Crippen LogP contribution in [-0.4, -0.2) is 61.1 Å². The minimum absolute atomic E-state index is 0.193. The Bertz CT molecular complexity index is 763. The average Bonchev–Trinajstić information content (AvgIpc) is 2.71. The van der Waals surface area contributed by atoms with Crippen molar-refractivity contribution in [3.05, 3.63) is 42.5 Å². The summed E-state index contributed by atoms with van der Waals surface area (Å²) in [5, 5.41) is 20.9. The molecule has 1 heterocycles. The van der Waals surface area contributed by atoms with Crippen molar-refractivity contribution >= 4 is 16.7 Å². The van der Waals surface area contributed by atoms with Crippen LogP contribution >= 0.6 is 0 Å². The summed E-state index contributed by atoms with van der Waals surface area (Å²) >= 11 is 0. The lowest BCUT2D eigenvalue weighted by Crippen LogP contribution is -2.39. The van der Waals surface area contributed by atoms with Gasteiger partial charge >= 0.3 is 5.97 Å². The van der Waals surface area contributed by atoms with Gasteiger partial charge in [0.15, 0.2) is 6.29 Å². The summed E-state index contributed by atoms with van der Waals surface area (Å²) in [5.74, 6) is 0.317. The van der Waals surface area contributed by atoms with Crippen LogP contribution in [0.25, 0.3) is 10.8 Å². The number of hydrogen-bond acceptors (Lipinski definition) is 7. The van der Waals surface area contributed by atoms with E-state index in [2.05, 4.69) is 0 Å². The van der Waals surface area contributed by atoms with E-state index in [9.17, 15) is 9.90 Å². The van der Waals surface area contributed by atoms with Crippen LogP contribution in [0, 0.1) is 0 Å². The summed E-state index contributed by atoms with van der Waals surface area (Å²) < 4.78 is 21.4. The first-order valence-electron chi connectivity index (χ1n) is 9.47. The Labute approximate surface area is 163 Å². The zero-order valence-corrected chi connectivity index (χ0v) is 15.7. The summed E-state index contributed by atoms with van der Waals surface area (Å²) in [6.45, 7) is 0.294. The van der Waals surface area contributed by atoms with Gasteiger partial charge in [0.2, 0.25) is 0 Å². The van der Waals surface area contributed by atoms with Crippen molar-refractivity contribution in [3.63, 3.8) is 0 Å². The van der Waals surface area contributed by atoms with Gasteiger partial charge in [-0.25, -0.2) is 4.79 Å². The Balaban J connectivity index is 1.30. The Morgan fingerprint density at radius 1 is 1.11 bits per heavy atom. The molecule has 28 heavy (non-hydrogen) atoms. The molecule has 0 radical (unpaired) electrons. The van der Waals surface area contributed by atoms with E-state index in [1.54, 1.807) is 0 Å². The molecule has 7 heteroatoms. The predicted molar refractivity (Wildman–Crippen MR) is 102 cm³/mol. The second-order valence-electron chi connectivity index (χ2n) is 6.73. The van der Waals surface area contributed by atoms with E-state index in [1.807, 2.05) is 42.5 Å². The molecule has 0 bridgehead atoms. The van der Waals surface area contributed by atoms with Gasteiger partial charge in [-0.1, -0.05) is 30.3 Å². The first-order chi connectivity index (χ1) is 13.6. The van der Waals surface area contributed by atoms with Gasteiger partial charge < -0.3 is 29.2 Å². The largest absolute Gasteiger partial charge is 0.493 e. The molecule has 1 fully saturated rings. The van der Waals surface area contributed by atoms with E-state index in [0.717, 1.165) is 16.5 Å². The SMILES string of the molecule is O=C(CO[C@@H]1CC(O)O[C@H](CO)C1)OCCCOc1ccc2ccccc2c1. The number of carbonyl (C=O) groups excluding carboxylic acids is 1. The maximum absolute atomic E-state index is 11.8. The number of rotatable bonds is 9. The summed E-state index contributed by atoms with van der Waals surface area (Å²) in [7, 11) is 0. The fraction of sp³-hybridized carbons (Fsp3) is 0.476. The summed E-state index contributed by atoms with van der Waals surface area (Å²) in [6, 6.07) is 14.0. The van der Waals surface area contributed by atoms with E-state index in [-0.39, 0.29) is 32.3 Å².